The molecule has 0 spiro atoms. The van der Waals surface area contributed by atoms with Gasteiger partial charge >= 0.3 is 18.1 Å². The highest BCUT2D eigenvalue weighted by molar-refractivity contribution is 5.87. The molecule has 0 saturated carbocycles. The Morgan fingerprint density at radius 3 is 2.53 bits per heavy atom. The largest absolute Gasteiger partial charge is 1.00 e. The molecule has 2 heterocycles. The van der Waals surface area contributed by atoms with Gasteiger partial charge in [-0.25, -0.2) is 19.0 Å². The Morgan fingerprint density at radius 2 is 1.97 bits per heavy atom. The van der Waals surface area contributed by atoms with Gasteiger partial charge in [0.1, 0.15) is 17.8 Å². The molecule has 1 aliphatic rings. The number of imidazole rings is 1. The highest BCUT2D eigenvalue weighted by Gasteiger charge is 2.42. The zero-order valence-electron chi connectivity index (χ0n) is 17.7. The predicted octanol–water partition coefficient (Wildman–Crippen LogP) is -3.58. The molecule has 168 valence electrons. The molecule has 12 heteroatoms. The fraction of sp³-hybridized carbons (Fsp3) is 0.611. The quantitative estimate of drug-likeness (QED) is 0.314. The van der Waals surface area contributed by atoms with E-state index in [1.807, 2.05) is 0 Å². The standard InChI is InChI=1S/C18H27N5O6.BrH/c1-18(2,3)29-16(26)20-6-7-22-13(15(25)28-5)8-12-9-21(10-14(24)19-4)11-23(12)17(22)27;/h9,11,13H,6-8,10H2,1-5H3,(H-,19,20,24,26);1H. The molecule has 30 heavy (non-hydrogen) atoms. The number of halogens is 1. The number of rotatable bonds is 6. The molecular weight excluding hydrogens is 462 g/mol. The number of carbonyl (C=O) groups excluding carboxylic acids is 4. The summed E-state index contributed by atoms with van der Waals surface area (Å²) < 4.78 is 13.0. The minimum atomic E-state index is -0.830. The van der Waals surface area contributed by atoms with E-state index in [4.69, 9.17) is 9.47 Å². The summed E-state index contributed by atoms with van der Waals surface area (Å²) in [4.78, 5) is 49.9. The van der Waals surface area contributed by atoms with Gasteiger partial charge in [0.05, 0.1) is 7.11 Å². The maximum Gasteiger partial charge on any atom is 0.416 e. The van der Waals surface area contributed by atoms with Crippen molar-refractivity contribution in [2.24, 2.45) is 0 Å². The minimum absolute atomic E-state index is 0. The second-order valence-electron chi connectivity index (χ2n) is 7.60. The second kappa shape index (κ2) is 10.4. The first-order valence-corrected chi connectivity index (χ1v) is 9.22. The molecule has 0 fully saturated rings. The van der Waals surface area contributed by atoms with E-state index in [1.54, 1.807) is 31.5 Å². The summed E-state index contributed by atoms with van der Waals surface area (Å²) in [6.45, 7) is 5.47. The van der Waals surface area contributed by atoms with Crippen molar-refractivity contribution in [1.82, 2.24) is 20.1 Å². The average molecular weight is 490 g/mol. The number of nitrogens with one attached hydrogen (secondary N) is 2. The van der Waals surface area contributed by atoms with Crippen LogP contribution in [0.1, 0.15) is 26.5 Å². The zero-order chi connectivity index (χ0) is 21.8. The lowest BCUT2D eigenvalue weighted by atomic mass is 10.1. The van der Waals surface area contributed by atoms with Crippen LogP contribution in [0, 0.1) is 0 Å². The predicted molar refractivity (Wildman–Crippen MR) is 99.9 cm³/mol. The van der Waals surface area contributed by atoms with Crippen LogP contribution >= 0.6 is 0 Å². The third-order valence-electron chi connectivity index (χ3n) is 4.22. The summed E-state index contributed by atoms with van der Waals surface area (Å²) >= 11 is 0. The molecule has 1 unspecified atom stereocenters. The van der Waals surface area contributed by atoms with Gasteiger partial charge in [0, 0.05) is 26.6 Å². The van der Waals surface area contributed by atoms with E-state index in [0.717, 1.165) is 0 Å². The van der Waals surface area contributed by atoms with E-state index in [-0.39, 0.29) is 48.9 Å². The van der Waals surface area contributed by atoms with Gasteiger partial charge in [0.15, 0.2) is 12.2 Å². The lowest BCUT2D eigenvalue weighted by Crippen LogP contribution is -3.00. The van der Waals surface area contributed by atoms with E-state index in [9.17, 15) is 19.2 Å². The molecule has 1 aromatic rings. The van der Waals surface area contributed by atoms with Crippen LogP contribution in [0.15, 0.2) is 12.5 Å². The number of likely N-dealkylation sites (N-methyl/N-ethyl adjacent to an activating group) is 1. The monoisotopic (exact) mass is 489 g/mol. The maximum absolute atomic E-state index is 12.9. The average Bonchev–Trinajstić information content (AvgIpc) is 3.03. The number of carbonyl (C=O) groups is 4. The summed E-state index contributed by atoms with van der Waals surface area (Å²) in [5.74, 6) is -0.769. The number of fused-ring (bicyclic) bond motifs is 1. The molecule has 1 aromatic heterocycles. The van der Waals surface area contributed by atoms with E-state index in [2.05, 4.69) is 10.6 Å². The number of nitrogens with zero attached hydrogens (tertiary/aromatic N) is 3. The smallest absolute Gasteiger partial charge is 0.416 e. The second-order valence-corrected chi connectivity index (χ2v) is 7.60. The van der Waals surface area contributed by atoms with Crippen LogP contribution in [0.2, 0.25) is 0 Å². The van der Waals surface area contributed by atoms with E-state index in [1.165, 1.54) is 30.0 Å². The molecule has 0 aromatic carbocycles. The lowest BCUT2D eigenvalue weighted by molar-refractivity contribution is -0.683. The molecule has 0 radical (unpaired) electrons. The number of methoxy groups -OCH3 is 1. The van der Waals surface area contributed by atoms with Crippen LogP contribution in [0.3, 0.4) is 0 Å². The first-order valence-electron chi connectivity index (χ1n) is 9.22. The number of amides is 3. The third-order valence-corrected chi connectivity index (χ3v) is 4.22. The summed E-state index contributed by atoms with van der Waals surface area (Å²) in [5.41, 5.74) is -0.0523. The number of aromatic nitrogens is 2. The molecule has 2 rings (SSSR count). The molecular formula is C18H28BrN5O6. The molecule has 0 saturated heterocycles. The Kier molecular flexibility index (Phi) is 8.82. The topological polar surface area (TPSA) is 123 Å². The Labute approximate surface area is 185 Å². The van der Waals surface area contributed by atoms with Crippen LogP contribution in [0.4, 0.5) is 9.59 Å². The summed E-state index contributed by atoms with van der Waals surface area (Å²) in [7, 11) is 2.78. The number of hydrogen-bond donors (Lipinski definition) is 2. The number of ether oxygens (including phenoxy) is 2. The van der Waals surface area contributed by atoms with Crippen molar-refractivity contribution in [2.75, 3.05) is 27.2 Å². The lowest BCUT2D eigenvalue weighted by Gasteiger charge is -2.31. The highest BCUT2D eigenvalue weighted by atomic mass is 79.9. The zero-order valence-corrected chi connectivity index (χ0v) is 19.3. The highest BCUT2D eigenvalue weighted by Crippen LogP contribution is 2.18. The SMILES string of the molecule is CNC(=O)C[n+]1cc2n(c1)C(=O)N(CCNC(=O)OC(C)(C)C)C(C(=O)OC)C2.[Br-]. The normalized spacial score (nSPS) is 15.6. The summed E-state index contributed by atoms with van der Waals surface area (Å²) in [6, 6.07) is -1.27. The van der Waals surface area contributed by atoms with Gasteiger partial charge in [-0.05, 0) is 20.8 Å². The van der Waals surface area contributed by atoms with Crippen LogP contribution in [-0.4, -0.2) is 72.4 Å². The molecule has 1 aliphatic heterocycles. The third kappa shape index (κ3) is 6.44. The Balaban J connectivity index is 0.00000450. The van der Waals surface area contributed by atoms with Crippen molar-refractivity contribution in [2.45, 2.75) is 45.4 Å². The maximum atomic E-state index is 12.9. The molecule has 11 nitrogen and oxygen atoms in total. The summed E-state index contributed by atoms with van der Waals surface area (Å²) in [5, 5.41) is 5.09. The molecule has 0 aliphatic carbocycles. The number of esters is 1. The van der Waals surface area contributed by atoms with Gasteiger partial charge in [0.25, 0.3) is 12.2 Å². The fourth-order valence-electron chi connectivity index (χ4n) is 2.93. The Bertz CT molecular complexity index is 803. The van der Waals surface area contributed by atoms with Gasteiger partial charge in [-0.1, -0.05) is 0 Å². The fourth-order valence-corrected chi connectivity index (χ4v) is 2.93. The van der Waals surface area contributed by atoms with Crippen molar-refractivity contribution in [1.29, 1.82) is 0 Å². The molecule has 1 atom stereocenters. The first kappa shape index (κ1) is 25.4. The van der Waals surface area contributed by atoms with E-state index < -0.39 is 29.7 Å². The van der Waals surface area contributed by atoms with E-state index in [0.29, 0.717) is 5.69 Å². The van der Waals surface area contributed by atoms with Gasteiger partial charge in [-0.2, -0.15) is 0 Å². The van der Waals surface area contributed by atoms with E-state index >= 15 is 0 Å². The minimum Gasteiger partial charge on any atom is -1.00 e. The Hall–Kier alpha value is -2.63. The Morgan fingerprint density at radius 1 is 1.30 bits per heavy atom. The van der Waals surface area contributed by atoms with Crippen LogP contribution in [-0.2, 0) is 32.0 Å². The van der Waals surface area contributed by atoms with Gasteiger partial charge < -0.3 is 37.1 Å². The van der Waals surface area contributed by atoms with Crippen LogP contribution in [0.5, 0.6) is 0 Å². The van der Waals surface area contributed by atoms with Crippen molar-refractivity contribution in [3.8, 4) is 0 Å². The van der Waals surface area contributed by atoms with Crippen LogP contribution in [0.25, 0.3) is 0 Å². The molecule has 2 N–H and O–H groups in total. The first-order chi connectivity index (χ1) is 13.6. The van der Waals surface area contributed by atoms with Gasteiger partial charge in [0.2, 0.25) is 0 Å². The molecule has 0 bridgehead atoms. The number of alkyl carbamates (subject to hydrolysis) is 1. The van der Waals surface area contributed by atoms with Crippen molar-refractivity contribution in [3.05, 3.63) is 18.2 Å². The number of hydrogen-bond acceptors (Lipinski definition) is 6. The summed E-state index contributed by atoms with van der Waals surface area (Å²) in [6.07, 6.45) is 2.78. The van der Waals surface area contributed by atoms with Crippen molar-refractivity contribution in [3.63, 3.8) is 0 Å². The van der Waals surface area contributed by atoms with Gasteiger partial charge in [-0.15, -0.1) is 4.57 Å². The molecule has 3 amide bonds. The van der Waals surface area contributed by atoms with Gasteiger partial charge in [-0.3, -0.25) is 9.69 Å². The van der Waals surface area contributed by atoms with Crippen LogP contribution < -0.4 is 32.2 Å². The van der Waals surface area contributed by atoms with Crippen molar-refractivity contribution >= 4 is 24.0 Å². The van der Waals surface area contributed by atoms with Crippen molar-refractivity contribution < 1.29 is 50.2 Å².